The summed E-state index contributed by atoms with van der Waals surface area (Å²) in [5, 5.41) is 8.89. The Morgan fingerprint density at radius 3 is 2.63 bits per heavy atom. The second-order valence-corrected chi connectivity index (χ2v) is 11.2. The maximum atomic E-state index is 14.1. The molecule has 0 bridgehead atoms. The summed E-state index contributed by atoms with van der Waals surface area (Å²) in [6.07, 6.45) is 11.1. The van der Waals surface area contributed by atoms with Crippen LogP contribution in [0.4, 0.5) is 0 Å². The highest BCUT2D eigenvalue weighted by Crippen LogP contribution is 2.60. The molecule has 5 rings (SSSR count). The Kier molecular flexibility index (Phi) is 7.02. The Labute approximate surface area is 210 Å². The number of unbranched alkanes of at least 4 members (excludes halogenated alkanes) is 3. The van der Waals surface area contributed by atoms with Gasteiger partial charge in [0.15, 0.2) is 0 Å². The quantitative estimate of drug-likeness (QED) is 0.338. The van der Waals surface area contributed by atoms with Crippen LogP contribution >= 0.6 is 11.8 Å². The molecule has 1 unspecified atom stereocenters. The molecule has 0 radical (unpaired) electrons. The smallest absolute Gasteiger partial charge is 0.311 e. The van der Waals surface area contributed by atoms with Crippen molar-refractivity contribution in [3.8, 4) is 0 Å². The number of carbonyl (C=O) groups is 3. The van der Waals surface area contributed by atoms with Gasteiger partial charge in [-0.15, -0.1) is 11.8 Å². The van der Waals surface area contributed by atoms with Crippen molar-refractivity contribution in [3.05, 3.63) is 60.2 Å². The highest BCUT2D eigenvalue weighted by Gasteiger charge is 2.70. The van der Waals surface area contributed by atoms with Crippen LogP contribution in [0.5, 0.6) is 0 Å². The van der Waals surface area contributed by atoms with Crippen LogP contribution in [-0.4, -0.2) is 75.0 Å². The summed E-state index contributed by atoms with van der Waals surface area (Å²) < 4.78 is 4.62. The molecule has 186 valence electrons. The van der Waals surface area contributed by atoms with Crippen molar-refractivity contribution in [1.82, 2.24) is 9.80 Å². The number of benzene rings is 1. The van der Waals surface area contributed by atoms with E-state index in [1.807, 2.05) is 59.5 Å². The molecule has 1 aromatic carbocycles. The first-order valence-electron chi connectivity index (χ1n) is 12.5. The monoisotopic (exact) mass is 496 g/mol. The third-order valence-corrected chi connectivity index (χ3v) is 9.26. The van der Waals surface area contributed by atoms with Gasteiger partial charge in [0.05, 0.1) is 16.6 Å². The molecular formula is C27H32N2O5S. The van der Waals surface area contributed by atoms with E-state index in [-0.39, 0.29) is 36.2 Å². The van der Waals surface area contributed by atoms with E-state index in [1.54, 1.807) is 16.7 Å². The van der Waals surface area contributed by atoms with E-state index in [1.165, 1.54) is 0 Å². The molecule has 1 aromatic rings. The number of hydrogen-bond acceptors (Lipinski definition) is 6. The predicted octanol–water partition coefficient (Wildman–Crippen LogP) is 2.55. The van der Waals surface area contributed by atoms with Gasteiger partial charge in [0, 0.05) is 31.5 Å². The Morgan fingerprint density at radius 1 is 1.03 bits per heavy atom. The summed E-state index contributed by atoms with van der Waals surface area (Å²) in [6, 6.07) is 9.22. The first-order chi connectivity index (χ1) is 17.1. The molecule has 0 saturated carbocycles. The van der Waals surface area contributed by atoms with Gasteiger partial charge in [0.25, 0.3) is 0 Å². The van der Waals surface area contributed by atoms with Crippen LogP contribution in [0.25, 0.3) is 0 Å². The number of ether oxygens (including phenoxy) is 1. The number of likely N-dealkylation sites (tertiary alicyclic amines) is 1. The minimum atomic E-state index is -0.791. The van der Waals surface area contributed by atoms with Crippen molar-refractivity contribution in [3.63, 3.8) is 0 Å². The lowest BCUT2D eigenvalue weighted by atomic mass is 9.78. The van der Waals surface area contributed by atoms with Crippen LogP contribution < -0.4 is 0 Å². The highest BCUT2D eigenvalue weighted by molar-refractivity contribution is 8.02. The topological polar surface area (TPSA) is 87.2 Å². The third-order valence-electron chi connectivity index (χ3n) is 7.52. The van der Waals surface area contributed by atoms with Crippen LogP contribution in [0.1, 0.15) is 31.2 Å². The number of nitrogens with zero attached hydrogens (tertiary/aromatic N) is 2. The van der Waals surface area contributed by atoms with Crippen molar-refractivity contribution in [2.24, 2.45) is 11.8 Å². The zero-order valence-corrected chi connectivity index (χ0v) is 20.6. The van der Waals surface area contributed by atoms with Crippen LogP contribution in [0.2, 0.25) is 0 Å². The third kappa shape index (κ3) is 4.31. The average molecular weight is 497 g/mol. The normalized spacial score (nSPS) is 31.6. The zero-order chi connectivity index (χ0) is 24.4. The van der Waals surface area contributed by atoms with Crippen molar-refractivity contribution >= 4 is 29.5 Å². The maximum absolute atomic E-state index is 14.1. The molecule has 2 amide bonds. The van der Waals surface area contributed by atoms with Gasteiger partial charge >= 0.3 is 5.97 Å². The van der Waals surface area contributed by atoms with Gasteiger partial charge in [0.1, 0.15) is 12.6 Å². The number of rotatable bonds is 8. The molecule has 4 heterocycles. The molecule has 8 heteroatoms. The Bertz CT molecular complexity index is 1030. The molecule has 1 spiro atoms. The number of hydrogen-bond donors (Lipinski definition) is 1. The Balaban J connectivity index is 1.48. The number of esters is 1. The largest absolute Gasteiger partial charge is 0.461 e. The van der Waals surface area contributed by atoms with E-state index in [0.29, 0.717) is 19.6 Å². The lowest BCUT2D eigenvalue weighted by Gasteiger charge is -2.35. The van der Waals surface area contributed by atoms with Crippen LogP contribution in [0, 0.1) is 11.8 Å². The lowest BCUT2D eigenvalue weighted by Crippen LogP contribution is -2.53. The fourth-order valence-corrected chi connectivity index (χ4v) is 7.95. The van der Waals surface area contributed by atoms with Gasteiger partial charge in [0.2, 0.25) is 11.8 Å². The van der Waals surface area contributed by atoms with Gasteiger partial charge in [-0.3, -0.25) is 14.4 Å². The van der Waals surface area contributed by atoms with Crippen molar-refractivity contribution in [1.29, 1.82) is 0 Å². The molecular weight excluding hydrogens is 464 g/mol. The average Bonchev–Trinajstić information content (AvgIpc) is 3.16. The lowest BCUT2D eigenvalue weighted by molar-refractivity contribution is -0.151. The van der Waals surface area contributed by atoms with E-state index < -0.39 is 22.6 Å². The van der Waals surface area contributed by atoms with E-state index in [0.717, 1.165) is 31.2 Å². The SMILES string of the molecule is O=C1OCC=C[C@H]2S[C@]34C=CCN(Cc5ccccc5)C(=O)C3N(CCCCCCO)C(=O)[C@@H]4[C@@H]12. The molecule has 35 heavy (non-hydrogen) atoms. The maximum Gasteiger partial charge on any atom is 0.311 e. The van der Waals surface area contributed by atoms with E-state index in [9.17, 15) is 14.4 Å². The van der Waals surface area contributed by atoms with Crippen LogP contribution in [-0.2, 0) is 25.7 Å². The van der Waals surface area contributed by atoms with E-state index >= 15 is 0 Å². The van der Waals surface area contributed by atoms with Gasteiger partial charge in [-0.1, -0.05) is 67.5 Å². The molecule has 2 fully saturated rings. The number of aliphatic hydroxyl groups is 1. The first-order valence-corrected chi connectivity index (χ1v) is 13.4. The van der Waals surface area contributed by atoms with Crippen molar-refractivity contribution in [2.75, 3.05) is 26.3 Å². The number of fused-ring (bicyclic) bond motifs is 2. The van der Waals surface area contributed by atoms with Crippen molar-refractivity contribution in [2.45, 2.75) is 48.3 Å². The summed E-state index contributed by atoms with van der Waals surface area (Å²) in [7, 11) is 0. The minimum absolute atomic E-state index is 0.0635. The summed E-state index contributed by atoms with van der Waals surface area (Å²) in [4.78, 5) is 44.6. The summed E-state index contributed by atoms with van der Waals surface area (Å²) in [5.74, 6) is -1.74. The van der Waals surface area contributed by atoms with Crippen molar-refractivity contribution < 1.29 is 24.2 Å². The second kappa shape index (κ2) is 10.2. The molecule has 4 aliphatic heterocycles. The number of carbonyl (C=O) groups excluding carboxylic acids is 3. The van der Waals surface area contributed by atoms with Gasteiger partial charge < -0.3 is 19.6 Å². The van der Waals surface area contributed by atoms with Crippen LogP contribution in [0.15, 0.2) is 54.6 Å². The predicted molar refractivity (Wildman–Crippen MR) is 133 cm³/mol. The molecule has 7 nitrogen and oxygen atoms in total. The summed E-state index contributed by atoms with van der Waals surface area (Å²) in [5.41, 5.74) is 1.04. The van der Waals surface area contributed by atoms with Gasteiger partial charge in [-0.25, -0.2) is 0 Å². The first kappa shape index (κ1) is 24.1. The molecule has 0 aliphatic carbocycles. The van der Waals surface area contributed by atoms with Gasteiger partial charge in [-0.05, 0) is 18.4 Å². The fraction of sp³-hybridized carbons (Fsp3) is 0.519. The van der Waals surface area contributed by atoms with Crippen LogP contribution in [0.3, 0.4) is 0 Å². The molecule has 1 N–H and O–H groups in total. The zero-order valence-electron chi connectivity index (χ0n) is 19.8. The molecule has 0 aromatic heterocycles. The Morgan fingerprint density at radius 2 is 1.83 bits per heavy atom. The van der Waals surface area contributed by atoms with E-state index in [2.05, 4.69) is 0 Å². The van der Waals surface area contributed by atoms with E-state index in [4.69, 9.17) is 9.84 Å². The molecule has 5 atom stereocenters. The summed E-state index contributed by atoms with van der Waals surface area (Å²) >= 11 is 1.58. The summed E-state index contributed by atoms with van der Waals surface area (Å²) in [6.45, 7) is 1.78. The fourth-order valence-electron chi connectivity index (χ4n) is 5.95. The number of aliphatic hydroxyl groups excluding tert-OH is 1. The minimum Gasteiger partial charge on any atom is -0.461 e. The Hall–Kier alpha value is -2.58. The standard InChI is InChI=1S/C27H32N2O5S/c30-16-7-2-1-6-15-29-23-25(32)28(18-19-10-4-3-5-11-19)14-9-13-27(23)22(24(29)31)21-20(35-27)12-8-17-34-26(21)33/h3-5,8-13,20-23,30H,1-2,6-7,14-18H2/t20-,21+,22+,23?,27+/m1/s1. The number of cyclic esters (lactones) is 1. The molecule has 2 saturated heterocycles. The number of amides is 2. The second-order valence-electron chi connectivity index (χ2n) is 9.68. The highest BCUT2D eigenvalue weighted by atomic mass is 32.2. The van der Waals surface area contributed by atoms with Gasteiger partial charge in [-0.2, -0.15) is 0 Å². The number of thioether (sulfide) groups is 1. The molecule has 4 aliphatic rings.